The number of hydrogen-bond donors (Lipinski definition) is 0. The predicted octanol–water partition coefficient (Wildman–Crippen LogP) is 17.1. The van der Waals surface area contributed by atoms with Crippen molar-refractivity contribution in [3.63, 3.8) is 0 Å². The highest BCUT2D eigenvalue weighted by atomic mass is 19.1. The summed E-state index contributed by atoms with van der Waals surface area (Å²) in [6, 6.07) is 70.6. The summed E-state index contributed by atoms with van der Waals surface area (Å²) < 4.78 is 40.0. The van der Waals surface area contributed by atoms with Gasteiger partial charge in [-0.05, 0) is 140 Å². The van der Waals surface area contributed by atoms with Gasteiger partial charge < -0.3 is 4.90 Å². The maximum absolute atomic E-state index is 13.3. The Morgan fingerprint density at radius 3 is 0.547 bits per heavy atom. The van der Waals surface area contributed by atoms with Crippen molar-refractivity contribution in [2.45, 2.75) is 0 Å². The summed E-state index contributed by atoms with van der Waals surface area (Å²) in [5.74, 6) is -0.729. The molecule has 4 heteroatoms. The van der Waals surface area contributed by atoms with E-state index >= 15 is 0 Å². The first-order valence-corrected chi connectivity index (χ1v) is 21.1. The van der Waals surface area contributed by atoms with Crippen molar-refractivity contribution in [2.75, 3.05) is 4.90 Å². The Morgan fingerprint density at radius 1 is 0.203 bits per heavy atom. The van der Waals surface area contributed by atoms with E-state index < -0.39 is 0 Å². The molecule has 0 atom stereocenters. The molecule has 0 aliphatic carbocycles. The van der Waals surface area contributed by atoms with Crippen LogP contribution in [0, 0.1) is 17.5 Å². The third-order valence-electron chi connectivity index (χ3n) is 11.1. The van der Waals surface area contributed by atoms with E-state index in [1.54, 1.807) is 36.4 Å². The molecule has 9 aromatic rings. The Labute approximate surface area is 372 Å². The summed E-state index contributed by atoms with van der Waals surface area (Å²) in [6.45, 7) is 0. The minimum Gasteiger partial charge on any atom is -0.311 e. The second-order valence-corrected chi connectivity index (χ2v) is 15.5. The largest absolute Gasteiger partial charge is 0.311 e. The molecule has 0 heterocycles. The first kappa shape index (κ1) is 41.2. The normalized spacial score (nSPS) is 11.5. The van der Waals surface area contributed by atoms with Crippen LogP contribution in [0.2, 0.25) is 0 Å². The highest BCUT2D eigenvalue weighted by Crippen LogP contribution is 2.38. The van der Waals surface area contributed by atoms with Gasteiger partial charge in [-0.2, -0.15) is 0 Å². The van der Waals surface area contributed by atoms with Crippen molar-refractivity contribution in [3.05, 3.63) is 269 Å². The number of rotatable bonds is 12. The minimum atomic E-state index is -0.243. The molecule has 0 radical (unpaired) electrons. The van der Waals surface area contributed by atoms with Gasteiger partial charge in [0.1, 0.15) is 17.5 Å². The van der Waals surface area contributed by atoms with E-state index in [2.05, 4.69) is 150 Å². The number of benzene rings is 9. The molecule has 0 aromatic heterocycles. The lowest BCUT2D eigenvalue weighted by molar-refractivity contribution is 0.627. The van der Waals surface area contributed by atoms with E-state index in [9.17, 15) is 13.2 Å². The molecule has 0 spiro atoms. The van der Waals surface area contributed by atoms with Crippen molar-refractivity contribution in [2.24, 2.45) is 0 Å². The van der Waals surface area contributed by atoms with E-state index in [4.69, 9.17) is 0 Å². The zero-order valence-electron chi connectivity index (χ0n) is 34.8. The SMILES string of the molecule is Fc1ccc(/C=C/c2ccc(-c3ccc(N(c4ccc(-c5ccc(/C=C/c6ccc(F)cc6)cc5)cc4)c4ccc(-c5ccc(/C=C/c6ccc(F)cc6)cc5)cc4)cc3)cc2)cc1. The van der Waals surface area contributed by atoms with Crippen molar-refractivity contribution >= 4 is 53.5 Å². The van der Waals surface area contributed by atoms with Crippen LogP contribution in [0.3, 0.4) is 0 Å². The van der Waals surface area contributed by atoms with Crippen LogP contribution >= 0.6 is 0 Å². The summed E-state index contributed by atoms with van der Waals surface area (Å²) in [6.07, 6.45) is 12.0. The maximum atomic E-state index is 13.3. The predicted molar refractivity (Wildman–Crippen MR) is 263 cm³/mol. The van der Waals surface area contributed by atoms with Gasteiger partial charge in [0.15, 0.2) is 0 Å². The van der Waals surface area contributed by atoms with Crippen LogP contribution in [0.5, 0.6) is 0 Å². The van der Waals surface area contributed by atoms with Gasteiger partial charge in [-0.25, -0.2) is 13.2 Å². The standard InChI is InChI=1S/C60H42F3N/c61-55-31-13-46(14-32-55)4-1-43-7-19-49(20-8-43)52-25-37-58(38-26-52)64(59-39-27-53(28-40-59)50-21-9-44(10-22-50)2-5-47-15-33-56(62)34-16-47)60-41-29-54(30-42-60)51-23-11-45(12-24-51)3-6-48-17-35-57(63)36-18-48/h1-42H/b4-1+,5-2+,6-3+. The summed E-state index contributed by atoms with van der Waals surface area (Å²) in [7, 11) is 0. The smallest absolute Gasteiger partial charge is 0.123 e. The molecule has 0 fully saturated rings. The molecule has 0 amide bonds. The lowest BCUT2D eigenvalue weighted by Gasteiger charge is -2.26. The maximum Gasteiger partial charge on any atom is 0.123 e. The van der Waals surface area contributed by atoms with Gasteiger partial charge >= 0.3 is 0 Å². The van der Waals surface area contributed by atoms with Gasteiger partial charge in [0.2, 0.25) is 0 Å². The second kappa shape index (κ2) is 19.2. The van der Waals surface area contributed by atoms with Crippen LogP contribution in [0.4, 0.5) is 30.2 Å². The quantitative estimate of drug-likeness (QED) is 0.111. The fourth-order valence-corrected chi connectivity index (χ4v) is 7.52. The average molecular weight is 834 g/mol. The average Bonchev–Trinajstić information content (AvgIpc) is 3.35. The van der Waals surface area contributed by atoms with E-state index in [0.29, 0.717) is 0 Å². The summed E-state index contributed by atoms with van der Waals surface area (Å²) in [4.78, 5) is 2.27. The highest BCUT2D eigenvalue weighted by molar-refractivity contribution is 5.82. The first-order valence-electron chi connectivity index (χ1n) is 21.1. The molecule has 0 aliphatic heterocycles. The van der Waals surface area contributed by atoms with E-state index in [0.717, 1.165) is 83.8 Å². The molecule has 0 saturated carbocycles. The number of anilines is 3. The minimum absolute atomic E-state index is 0.243. The molecule has 308 valence electrons. The Bertz CT molecular complexity index is 2680. The number of hydrogen-bond acceptors (Lipinski definition) is 1. The fourth-order valence-electron chi connectivity index (χ4n) is 7.52. The molecule has 0 unspecified atom stereocenters. The topological polar surface area (TPSA) is 3.24 Å². The molecule has 9 rings (SSSR count). The van der Waals surface area contributed by atoms with Crippen LogP contribution < -0.4 is 4.90 Å². The Hall–Kier alpha value is -8.21. The van der Waals surface area contributed by atoms with Crippen LogP contribution in [-0.4, -0.2) is 0 Å². The molecule has 64 heavy (non-hydrogen) atoms. The van der Waals surface area contributed by atoms with Crippen LogP contribution in [0.25, 0.3) is 69.8 Å². The Kier molecular flexibility index (Phi) is 12.4. The third-order valence-corrected chi connectivity index (χ3v) is 11.1. The molecule has 9 aromatic carbocycles. The number of nitrogens with zero attached hydrogens (tertiary/aromatic N) is 1. The van der Waals surface area contributed by atoms with Gasteiger partial charge in [0, 0.05) is 17.1 Å². The van der Waals surface area contributed by atoms with Gasteiger partial charge in [-0.15, -0.1) is 0 Å². The van der Waals surface area contributed by atoms with Crippen molar-refractivity contribution < 1.29 is 13.2 Å². The molecular formula is C60H42F3N. The molecule has 1 nitrogen and oxygen atoms in total. The summed E-state index contributed by atoms with van der Waals surface area (Å²) in [5.41, 5.74) is 15.7. The van der Waals surface area contributed by atoms with Gasteiger partial charge in [-0.1, -0.05) is 182 Å². The van der Waals surface area contributed by atoms with E-state index in [1.807, 2.05) is 36.5 Å². The second-order valence-electron chi connectivity index (χ2n) is 15.5. The van der Waals surface area contributed by atoms with Crippen LogP contribution in [-0.2, 0) is 0 Å². The van der Waals surface area contributed by atoms with E-state index in [1.165, 1.54) is 36.4 Å². The molecule has 0 N–H and O–H groups in total. The highest BCUT2D eigenvalue weighted by Gasteiger charge is 2.14. The molecule has 0 saturated heterocycles. The third kappa shape index (κ3) is 10.3. The van der Waals surface area contributed by atoms with Crippen molar-refractivity contribution in [3.8, 4) is 33.4 Å². The number of halogens is 3. The summed E-state index contributed by atoms with van der Waals surface area (Å²) in [5, 5.41) is 0. The monoisotopic (exact) mass is 833 g/mol. The lowest BCUT2D eigenvalue weighted by Crippen LogP contribution is -2.09. The van der Waals surface area contributed by atoms with Crippen molar-refractivity contribution in [1.82, 2.24) is 0 Å². The zero-order valence-corrected chi connectivity index (χ0v) is 34.8. The zero-order chi connectivity index (χ0) is 43.7. The Balaban J connectivity index is 0.958. The van der Waals surface area contributed by atoms with Gasteiger partial charge in [0.25, 0.3) is 0 Å². The molecule has 0 aliphatic rings. The van der Waals surface area contributed by atoms with Gasteiger partial charge in [-0.3, -0.25) is 0 Å². The van der Waals surface area contributed by atoms with Crippen LogP contribution in [0.1, 0.15) is 33.4 Å². The lowest BCUT2D eigenvalue weighted by atomic mass is 10.0. The van der Waals surface area contributed by atoms with E-state index in [-0.39, 0.29) is 17.5 Å². The molecule has 0 bridgehead atoms. The van der Waals surface area contributed by atoms with Crippen molar-refractivity contribution in [1.29, 1.82) is 0 Å². The molecular weight excluding hydrogens is 792 g/mol. The fraction of sp³-hybridized carbons (Fsp3) is 0. The Morgan fingerprint density at radius 2 is 0.359 bits per heavy atom. The summed E-state index contributed by atoms with van der Waals surface area (Å²) >= 11 is 0. The van der Waals surface area contributed by atoms with Crippen LogP contribution in [0.15, 0.2) is 218 Å². The van der Waals surface area contributed by atoms with Gasteiger partial charge in [0.05, 0.1) is 0 Å². The first-order chi connectivity index (χ1) is 31.4.